The Balaban J connectivity index is 0.00000442. The minimum atomic E-state index is -0.461. The standard InChI is InChI=1S/C35H38ClFN4O2.CH4/c1-6-21-13-24-14-23(16-31(32(24)40-18-21)42-19-25(38)7-2)30(8-3)39-12-11-26-17-27-34(43-20-35(27,4)5)33(41-26)22-9-10-29(37)28(36)15-22;/h7-10,13-18,39H,6,11-12,19-20,38H2,1-5H3;1H4/b25-7-,30-8-;. The number of hydrogen-bond acceptors (Lipinski definition) is 6. The van der Waals surface area contributed by atoms with Gasteiger partial charge in [-0.05, 0) is 68.3 Å². The summed E-state index contributed by atoms with van der Waals surface area (Å²) >= 11 is 6.13. The Labute approximate surface area is 265 Å². The lowest BCUT2D eigenvalue weighted by Gasteiger charge is -2.18. The van der Waals surface area contributed by atoms with Gasteiger partial charge in [-0.2, -0.15) is 0 Å². The second kappa shape index (κ2) is 13.7. The van der Waals surface area contributed by atoms with E-state index >= 15 is 0 Å². The number of nitrogens with two attached hydrogens (primary N) is 1. The molecule has 0 aliphatic carbocycles. The third kappa shape index (κ3) is 6.83. The van der Waals surface area contributed by atoms with E-state index in [0.717, 1.165) is 56.7 Å². The molecule has 4 aromatic rings. The van der Waals surface area contributed by atoms with Crippen LogP contribution in [0.5, 0.6) is 11.5 Å². The predicted molar refractivity (Wildman–Crippen MR) is 180 cm³/mol. The van der Waals surface area contributed by atoms with Crippen molar-refractivity contribution in [3.05, 3.63) is 99.7 Å². The lowest BCUT2D eigenvalue weighted by Crippen LogP contribution is -2.19. The molecule has 1 aliphatic heterocycles. The zero-order valence-electron chi connectivity index (χ0n) is 25.4. The highest BCUT2D eigenvalue weighted by atomic mass is 35.5. The third-order valence-corrected chi connectivity index (χ3v) is 8.09. The molecule has 0 radical (unpaired) electrons. The number of allylic oxidation sites excluding steroid dienone is 2. The first-order chi connectivity index (χ1) is 20.6. The zero-order chi connectivity index (χ0) is 30.7. The molecule has 8 heteroatoms. The third-order valence-electron chi connectivity index (χ3n) is 7.80. The van der Waals surface area contributed by atoms with E-state index in [-0.39, 0.29) is 24.5 Å². The quantitative estimate of drug-likeness (QED) is 0.186. The summed E-state index contributed by atoms with van der Waals surface area (Å²) < 4.78 is 26.2. The summed E-state index contributed by atoms with van der Waals surface area (Å²) in [5.41, 5.74) is 13.9. The minimum absolute atomic E-state index is 0. The molecule has 2 aromatic carbocycles. The van der Waals surface area contributed by atoms with E-state index in [1.165, 1.54) is 6.07 Å². The van der Waals surface area contributed by atoms with Crippen molar-refractivity contribution in [1.29, 1.82) is 0 Å². The highest BCUT2D eigenvalue weighted by molar-refractivity contribution is 6.31. The molecule has 6 nitrogen and oxygen atoms in total. The maximum absolute atomic E-state index is 13.9. The van der Waals surface area contributed by atoms with Crippen molar-refractivity contribution in [1.82, 2.24) is 15.3 Å². The molecular weight excluding hydrogens is 575 g/mol. The van der Waals surface area contributed by atoms with Crippen molar-refractivity contribution in [2.45, 2.75) is 60.3 Å². The van der Waals surface area contributed by atoms with Crippen LogP contribution in [0.3, 0.4) is 0 Å². The maximum atomic E-state index is 13.9. The van der Waals surface area contributed by atoms with Crippen LogP contribution in [-0.2, 0) is 18.3 Å². The molecule has 3 N–H and O–H groups in total. The predicted octanol–water partition coefficient (Wildman–Crippen LogP) is 8.39. The Morgan fingerprint density at radius 1 is 1.16 bits per heavy atom. The molecule has 44 heavy (non-hydrogen) atoms. The number of ether oxygens (including phenoxy) is 2. The second-order valence-electron chi connectivity index (χ2n) is 11.4. The topological polar surface area (TPSA) is 82.3 Å². The molecule has 5 rings (SSSR count). The number of aromatic nitrogens is 2. The summed E-state index contributed by atoms with van der Waals surface area (Å²) in [7, 11) is 0. The van der Waals surface area contributed by atoms with Gasteiger partial charge < -0.3 is 20.5 Å². The lowest BCUT2D eigenvalue weighted by atomic mass is 9.86. The summed E-state index contributed by atoms with van der Waals surface area (Å²) in [6.45, 7) is 11.8. The van der Waals surface area contributed by atoms with Gasteiger partial charge in [0.15, 0.2) is 0 Å². The number of nitrogens with one attached hydrogen (secondary N) is 1. The highest BCUT2D eigenvalue weighted by Gasteiger charge is 2.35. The largest absolute Gasteiger partial charge is 0.490 e. The van der Waals surface area contributed by atoms with E-state index in [1.54, 1.807) is 12.1 Å². The van der Waals surface area contributed by atoms with Gasteiger partial charge in [-0.15, -0.1) is 0 Å². The number of rotatable bonds is 10. The molecule has 3 heterocycles. The van der Waals surface area contributed by atoms with Crippen molar-refractivity contribution >= 4 is 28.2 Å². The van der Waals surface area contributed by atoms with Crippen molar-refractivity contribution in [2.24, 2.45) is 5.73 Å². The van der Waals surface area contributed by atoms with Crippen LogP contribution in [0.2, 0.25) is 5.02 Å². The molecular formula is C36H42ClFN4O2. The van der Waals surface area contributed by atoms with E-state index in [4.69, 9.17) is 36.8 Å². The first-order valence-corrected chi connectivity index (χ1v) is 15.0. The molecule has 0 unspecified atom stereocenters. The number of nitrogens with zero attached hydrogens (tertiary/aromatic N) is 2. The summed E-state index contributed by atoms with van der Waals surface area (Å²) in [5, 5.41) is 4.67. The lowest BCUT2D eigenvalue weighted by molar-refractivity contribution is 0.291. The van der Waals surface area contributed by atoms with Crippen LogP contribution in [0.25, 0.3) is 27.9 Å². The number of hydrogen-bond donors (Lipinski definition) is 2. The van der Waals surface area contributed by atoms with Crippen molar-refractivity contribution < 1.29 is 13.9 Å². The minimum Gasteiger partial charge on any atom is -0.490 e. The van der Waals surface area contributed by atoms with Crippen LogP contribution >= 0.6 is 11.6 Å². The van der Waals surface area contributed by atoms with Crippen LogP contribution < -0.4 is 20.5 Å². The summed E-state index contributed by atoms with van der Waals surface area (Å²) in [6, 6.07) is 13.1. The summed E-state index contributed by atoms with van der Waals surface area (Å²) in [6.07, 6.45) is 7.35. The van der Waals surface area contributed by atoms with Gasteiger partial charge in [-0.1, -0.05) is 52.0 Å². The highest BCUT2D eigenvalue weighted by Crippen LogP contribution is 2.44. The van der Waals surface area contributed by atoms with Crippen LogP contribution in [0, 0.1) is 5.82 Å². The van der Waals surface area contributed by atoms with Gasteiger partial charge in [0.2, 0.25) is 0 Å². The fourth-order valence-corrected chi connectivity index (χ4v) is 5.37. The Hall–Kier alpha value is -4.10. The smallest absolute Gasteiger partial charge is 0.149 e. The number of halogens is 2. The molecule has 0 atom stereocenters. The van der Waals surface area contributed by atoms with Gasteiger partial charge >= 0.3 is 0 Å². The number of aryl methyl sites for hydroxylation is 1. The fraction of sp³-hybridized carbons (Fsp3) is 0.333. The van der Waals surface area contributed by atoms with Gasteiger partial charge in [0, 0.05) is 63.7 Å². The van der Waals surface area contributed by atoms with Gasteiger partial charge in [0.25, 0.3) is 0 Å². The van der Waals surface area contributed by atoms with E-state index in [9.17, 15) is 4.39 Å². The van der Waals surface area contributed by atoms with Crippen LogP contribution in [0.15, 0.2) is 66.5 Å². The van der Waals surface area contributed by atoms with Gasteiger partial charge in [-0.25, -0.2) is 9.37 Å². The van der Waals surface area contributed by atoms with Gasteiger partial charge in [-0.3, -0.25) is 4.98 Å². The Morgan fingerprint density at radius 2 is 1.95 bits per heavy atom. The van der Waals surface area contributed by atoms with Crippen molar-refractivity contribution in [3.63, 3.8) is 0 Å². The van der Waals surface area contributed by atoms with Crippen molar-refractivity contribution in [3.8, 4) is 22.8 Å². The average Bonchev–Trinajstić information content (AvgIpc) is 3.32. The molecule has 1 aliphatic rings. The first-order valence-electron chi connectivity index (χ1n) is 14.6. The maximum Gasteiger partial charge on any atom is 0.149 e. The molecule has 0 fully saturated rings. The van der Waals surface area contributed by atoms with Crippen LogP contribution in [-0.4, -0.2) is 29.7 Å². The summed E-state index contributed by atoms with van der Waals surface area (Å²) in [4.78, 5) is 9.65. The van der Waals surface area contributed by atoms with E-state index < -0.39 is 5.82 Å². The molecule has 2 aromatic heterocycles. The first kappa shape index (κ1) is 32.8. The Morgan fingerprint density at radius 3 is 2.66 bits per heavy atom. The average molecular weight is 617 g/mol. The molecule has 232 valence electrons. The second-order valence-corrected chi connectivity index (χ2v) is 11.8. The summed E-state index contributed by atoms with van der Waals surface area (Å²) in [5.74, 6) is 0.962. The normalized spacial score (nSPS) is 14.2. The monoisotopic (exact) mass is 616 g/mol. The molecule has 0 saturated heterocycles. The molecule has 0 bridgehead atoms. The van der Waals surface area contributed by atoms with E-state index in [1.807, 2.05) is 32.2 Å². The van der Waals surface area contributed by atoms with Crippen molar-refractivity contribution in [2.75, 3.05) is 19.8 Å². The zero-order valence-corrected chi connectivity index (χ0v) is 26.1. The van der Waals surface area contributed by atoms with E-state index in [2.05, 4.69) is 50.4 Å². The Bertz CT molecular complexity index is 1730. The van der Waals surface area contributed by atoms with Crippen LogP contribution in [0.1, 0.15) is 64.4 Å². The van der Waals surface area contributed by atoms with Gasteiger partial charge in [0.05, 0.1) is 11.6 Å². The molecule has 0 saturated carbocycles. The number of fused-ring (bicyclic) bond motifs is 2. The number of benzene rings is 2. The molecule has 0 amide bonds. The van der Waals surface area contributed by atoms with Gasteiger partial charge in [0.1, 0.15) is 35.1 Å². The van der Waals surface area contributed by atoms with E-state index in [0.29, 0.717) is 36.7 Å². The molecule has 0 spiro atoms. The fourth-order valence-electron chi connectivity index (χ4n) is 5.19. The number of pyridine rings is 2. The Kier molecular flexibility index (Phi) is 10.2. The van der Waals surface area contributed by atoms with Crippen LogP contribution in [0.4, 0.5) is 4.39 Å². The SMILES string of the molecule is C.C/C=C(\N)COc1cc(/C(=C/C)NCCc2cc3c(c(-c4ccc(F)c(Cl)c4)n2)OCC3(C)C)cc2cc(CC)cnc12.